The molecule has 0 saturated carbocycles. The molecule has 1 heterocycles. The first-order valence-corrected chi connectivity index (χ1v) is 8.25. The second-order valence-electron chi connectivity index (χ2n) is 4.50. The highest BCUT2D eigenvalue weighted by atomic mass is 127. The monoisotopic (exact) mass is 437 g/mol. The van der Waals surface area contributed by atoms with Crippen molar-refractivity contribution >= 4 is 51.7 Å². The summed E-state index contributed by atoms with van der Waals surface area (Å²) in [6.45, 7) is 2.97. The number of aromatic nitrogens is 2. The number of aryl methyl sites for hydroxylation is 2. The number of benzene rings is 1. The molecule has 1 aromatic carbocycles. The number of nitrogens with zero attached hydrogens (tertiary/aromatic N) is 2. The van der Waals surface area contributed by atoms with Crippen molar-refractivity contribution in [3.63, 3.8) is 0 Å². The lowest BCUT2D eigenvalue weighted by Crippen LogP contribution is -2.26. The highest BCUT2D eigenvalue weighted by Crippen LogP contribution is 2.24. The highest BCUT2D eigenvalue weighted by molar-refractivity contribution is 14.1. The second-order valence-corrected chi connectivity index (χ2v) is 6.40. The summed E-state index contributed by atoms with van der Waals surface area (Å²) in [6, 6.07) is 7.48. The zero-order valence-electron chi connectivity index (χ0n) is 11.4. The number of amides is 1. The normalized spacial score (nSPS) is 10.7. The van der Waals surface area contributed by atoms with Crippen molar-refractivity contribution in [2.75, 3.05) is 6.54 Å². The Balaban J connectivity index is 1.84. The van der Waals surface area contributed by atoms with E-state index in [1.807, 2.05) is 31.2 Å². The van der Waals surface area contributed by atoms with Gasteiger partial charge in [0.1, 0.15) is 10.2 Å². The van der Waals surface area contributed by atoms with Gasteiger partial charge in [-0.3, -0.25) is 9.48 Å². The van der Waals surface area contributed by atoms with E-state index in [2.05, 4.69) is 33.0 Å². The number of carbonyl (C=O) groups is 1. The molecule has 1 aromatic heterocycles. The van der Waals surface area contributed by atoms with Crippen molar-refractivity contribution in [2.24, 2.45) is 0 Å². The van der Waals surface area contributed by atoms with Crippen molar-refractivity contribution < 1.29 is 4.79 Å². The Morgan fingerprint density at radius 2 is 2.10 bits per heavy atom. The lowest BCUT2D eigenvalue weighted by molar-refractivity contribution is 0.0951. The van der Waals surface area contributed by atoms with Gasteiger partial charge in [-0.15, -0.1) is 0 Å². The molecule has 4 nitrogen and oxygen atoms in total. The van der Waals surface area contributed by atoms with Gasteiger partial charge in [0.2, 0.25) is 0 Å². The summed E-state index contributed by atoms with van der Waals surface area (Å²) in [7, 11) is 0. The minimum atomic E-state index is -0.0687. The molecule has 0 fully saturated rings. The van der Waals surface area contributed by atoms with Gasteiger partial charge in [0.05, 0.1) is 11.3 Å². The third kappa shape index (κ3) is 4.11. The summed E-state index contributed by atoms with van der Waals surface area (Å²) in [5.41, 5.74) is 1.40. The van der Waals surface area contributed by atoms with Gasteiger partial charge in [-0.25, -0.2) is 0 Å². The molecule has 7 heteroatoms. The average molecular weight is 438 g/mol. The maximum absolute atomic E-state index is 12.0. The molecule has 0 unspecified atom stereocenters. The molecule has 0 radical (unpaired) electrons. The molecule has 112 valence electrons. The number of halogens is 3. The van der Waals surface area contributed by atoms with Crippen LogP contribution in [0.3, 0.4) is 0 Å². The smallest absolute Gasteiger partial charge is 0.252 e. The maximum atomic E-state index is 12.0. The maximum Gasteiger partial charge on any atom is 0.252 e. The summed E-state index contributed by atoms with van der Waals surface area (Å²) in [4.78, 5) is 12.0. The van der Waals surface area contributed by atoms with Crippen LogP contribution >= 0.6 is 45.8 Å². The largest absolute Gasteiger partial charge is 0.352 e. The van der Waals surface area contributed by atoms with Crippen molar-refractivity contribution in [1.82, 2.24) is 15.1 Å². The summed E-state index contributed by atoms with van der Waals surface area (Å²) in [6.07, 6.45) is 0.728. The van der Waals surface area contributed by atoms with Crippen LogP contribution in [0.4, 0.5) is 0 Å². The molecule has 21 heavy (non-hydrogen) atoms. The molecule has 0 saturated heterocycles. The Morgan fingerprint density at radius 3 is 2.71 bits per heavy atom. The Labute approximate surface area is 147 Å². The lowest BCUT2D eigenvalue weighted by Gasteiger charge is -2.07. The van der Waals surface area contributed by atoms with Crippen molar-refractivity contribution in [2.45, 2.75) is 19.9 Å². The number of carbonyl (C=O) groups excluding carboxylic acids is 1. The van der Waals surface area contributed by atoms with Crippen LogP contribution in [0.25, 0.3) is 0 Å². The van der Waals surface area contributed by atoms with Crippen LogP contribution in [-0.2, 0) is 6.54 Å². The molecule has 0 bridgehead atoms. The molecule has 0 atom stereocenters. The Morgan fingerprint density at radius 1 is 1.38 bits per heavy atom. The van der Waals surface area contributed by atoms with Gasteiger partial charge in [-0.1, -0.05) is 35.3 Å². The zero-order valence-corrected chi connectivity index (χ0v) is 15.0. The topological polar surface area (TPSA) is 46.9 Å². The van der Waals surface area contributed by atoms with Gasteiger partial charge in [-0.2, -0.15) is 5.10 Å². The SMILES string of the molecule is Cc1nn(CCCNC(=O)c2ccccc2I)c(Cl)c1Cl. The third-order valence-corrected chi connectivity index (χ3v) is 4.82. The fraction of sp³-hybridized carbons (Fsp3) is 0.286. The van der Waals surface area contributed by atoms with Gasteiger partial charge in [0, 0.05) is 16.7 Å². The Bertz CT molecular complexity index is 658. The van der Waals surface area contributed by atoms with Crippen molar-refractivity contribution in [1.29, 1.82) is 0 Å². The van der Waals surface area contributed by atoms with Crippen LogP contribution in [0, 0.1) is 10.5 Å². The van der Waals surface area contributed by atoms with Crippen molar-refractivity contribution in [3.8, 4) is 0 Å². The van der Waals surface area contributed by atoms with Crippen LogP contribution in [0.15, 0.2) is 24.3 Å². The van der Waals surface area contributed by atoms with Crippen LogP contribution in [0.2, 0.25) is 10.2 Å². The molecular weight excluding hydrogens is 424 g/mol. The first kappa shape index (κ1) is 16.6. The molecule has 2 aromatic rings. The summed E-state index contributed by atoms with van der Waals surface area (Å²) < 4.78 is 2.59. The predicted molar refractivity (Wildman–Crippen MR) is 93.1 cm³/mol. The summed E-state index contributed by atoms with van der Waals surface area (Å²) in [5, 5.41) is 8.06. The number of hydrogen-bond acceptors (Lipinski definition) is 2. The number of hydrogen-bond donors (Lipinski definition) is 1. The van der Waals surface area contributed by atoms with Crippen LogP contribution in [0.1, 0.15) is 22.5 Å². The third-order valence-electron chi connectivity index (χ3n) is 2.95. The molecular formula is C14H14Cl2IN3O. The van der Waals surface area contributed by atoms with Gasteiger partial charge in [0.15, 0.2) is 0 Å². The molecule has 0 aliphatic carbocycles. The minimum absolute atomic E-state index is 0.0687. The standard InChI is InChI=1S/C14H14Cl2IN3O/c1-9-12(15)13(16)20(19-9)8-4-7-18-14(21)10-5-2-3-6-11(10)17/h2-3,5-6H,4,7-8H2,1H3,(H,18,21). The molecule has 1 amide bonds. The highest BCUT2D eigenvalue weighted by Gasteiger charge is 2.11. The Hall–Kier alpha value is -0.790. The predicted octanol–water partition coefficient (Wildman–Crippen LogP) is 3.92. The number of rotatable bonds is 5. The fourth-order valence-corrected chi connectivity index (χ4v) is 2.88. The number of nitrogens with one attached hydrogen (secondary N) is 1. The Kier molecular flexibility index (Phi) is 5.89. The molecule has 0 spiro atoms. The second kappa shape index (κ2) is 7.47. The van der Waals surface area contributed by atoms with Gasteiger partial charge >= 0.3 is 0 Å². The van der Waals surface area contributed by atoms with E-state index in [-0.39, 0.29) is 5.91 Å². The summed E-state index contributed by atoms with van der Waals surface area (Å²) in [5.74, 6) is -0.0687. The van der Waals surface area contributed by atoms with Crippen LogP contribution in [0.5, 0.6) is 0 Å². The van der Waals surface area contributed by atoms with E-state index in [4.69, 9.17) is 23.2 Å². The quantitative estimate of drug-likeness (QED) is 0.569. The van der Waals surface area contributed by atoms with Crippen LogP contribution < -0.4 is 5.32 Å². The van der Waals surface area contributed by atoms with E-state index in [1.165, 1.54) is 0 Å². The van der Waals surface area contributed by atoms with Gasteiger partial charge in [0.25, 0.3) is 5.91 Å². The zero-order chi connectivity index (χ0) is 15.4. The van der Waals surface area contributed by atoms with Gasteiger partial charge < -0.3 is 5.32 Å². The van der Waals surface area contributed by atoms with E-state index < -0.39 is 0 Å². The molecule has 2 rings (SSSR count). The first-order valence-electron chi connectivity index (χ1n) is 6.42. The molecule has 0 aliphatic heterocycles. The van der Waals surface area contributed by atoms with Crippen LogP contribution in [-0.4, -0.2) is 22.2 Å². The van der Waals surface area contributed by atoms with E-state index in [0.717, 1.165) is 9.99 Å². The average Bonchev–Trinajstić information content (AvgIpc) is 2.71. The van der Waals surface area contributed by atoms with E-state index in [1.54, 1.807) is 4.68 Å². The van der Waals surface area contributed by atoms with Crippen molar-refractivity contribution in [3.05, 3.63) is 49.3 Å². The van der Waals surface area contributed by atoms with Gasteiger partial charge in [-0.05, 0) is 48.1 Å². The minimum Gasteiger partial charge on any atom is -0.352 e. The first-order chi connectivity index (χ1) is 10.0. The summed E-state index contributed by atoms with van der Waals surface area (Å²) >= 11 is 14.2. The van der Waals surface area contributed by atoms with E-state index in [0.29, 0.717) is 34.5 Å². The van der Waals surface area contributed by atoms with E-state index in [9.17, 15) is 4.79 Å². The fourth-order valence-electron chi connectivity index (χ4n) is 1.85. The lowest BCUT2D eigenvalue weighted by atomic mass is 10.2. The molecule has 1 N–H and O–H groups in total. The van der Waals surface area contributed by atoms with E-state index >= 15 is 0 Å². The molecule has 0 aliphatic rings.